The molecule has 0 radical (unpaired) electrons. The first-order chi connectivity index (χ1) is 9.13. The number of benzene rings is 1. The molecular weight excluding hydrogens is 310 g/mol. The van der Waals surface area contributed by atoms with Crippen LogP contribution in [0.4, 0.5) is 0 Å². The molecule has 0 aromatic heterocycles. The van der Waals surface area contributed by atoms with Crippen LogP contribution in [0.3, 0.4) is 0 Å². The molecule has 0 saturated heterocycles. The lowest BCUT2D eigenvalue weighted by Crippen LogP contribution is -2.47. The Morgan fingerprint density at radius 2 is 2.21 bits per heavy atom. The van der Waals surface area contributed by atoms with E-state index in [0.717, 1.165) is 23.9 Å². The highest BCUT2D eigenvalue weighted by Crippen LogP contribution is 2.26. The third kappa shape index (κ3) is 3.48. The van der Waals surface area contributed by atoms with E-state index in [1.165, 1.54) is 0 Å². The first-order valence-corrected chi connectivity index (χ1v) is 7.19. The summed E-state index contributed by atoms with van der Waals surface area (Å²) < 4.78 is 11.6. The molecule has 4 nitrogen and oxygen atoms in total. The average molecular weight is 328 g/mol. The molecule has 5 heteroatoms. The Labute approximate surface area is 121 Å². The Kier molecular flexibility index (Phi) is 4.82. The van der Waals surface area contributed by atoms with Crippen LogP contribution in [-0.4, -0.2) is 31.8 Å². The normalized spacial score (nSPS) is 21.6. The molecule has 0 spiro atoms. The Morgan fingerprint density at radius 3 is 2.84 bits per heavy atom. The van der Waals surface area contributed by atoms with E-state index >= 15 is 0 Å². The van der Waals surface area contributed by atoms with Crippen LogP contribution in [0.25, 0.3) is 0 Å². The molecule has 0 atom stereocenters. The van der Waals surface area contributed by atoms with Crippen molar-refractivity contribution in [2.75, 3.05) is 13.7 Å². The molecule has 1 aliphatic rings. The van der Waals surface area contributed by atoms with Crippen LogP contribution in [0, 0.1) is 0 Å². The number of hydrogen-bond acceptors (Lipinski definition) is 3. The smallest absolute Gasteiger partial charge is 0.255 e. The molecule has 1 N–H and O–H groups in total. The highest BCUT2D eigenvalue weighted by Gasteiger charge is 2.31. The first-order valence-electron chi connectivity index (χ1n) is 6.40. The van der Waals surface area contributed by atoms with Gasteiger partial charge in [0, 0.05) is 17.1 Å². The Balaban J connectivity index is 1.94. The Hall–Kier alpha value is -1.07. The van der Waals surface area contributed by atoms with Crippen molar-refractivity contribution >= 4 is 21.8 Å². The zero-order chi connectivity index (χ0) is 13.8. The Bertz CT molecular complexity index is 458. The van der Waals surface area contributed by atoms with E-state index in [1.54, 1.807) is 19.2 Å². The SMILES string of the molecule is CCOC1CC(NC(=O)c2ccc(Br)cc2OC)C1. The van der Waals surface area contributed by atoms with Gasteiger partial charge >= 0.3 is 0 Å². The third-order valence-corrected chi connectivity index (χ3v) is 3.73. The maximum atomic E-state index is 12.2. The number of halogens is 1. The van der Waals surface area contributed by atoms with Crippen molar-refractivity contribution in [2.45, 2.75) is 31.9 Å². The summed E-state index contributed by atoms with van der Waals surface area (Å²) in [5, 5.41) is 3.00. The summed E-state index contributed by atoms with van der Waals surface area (Å²) in [6.45, 7) is 2.71. The molecule has 1 aromatic rings. The summed E-state index contributed by atoms with van der Waals surface area (Å²) in [7, 11) is 1.56. The highest BCUT2D eigenvalue weighted by molar-refractivity contribution is 9.10. The second kappa shape index (κ2) is 6.39. The van der Waals surface area contributed by atoms with Crippen LogP contribution in [0.5, 0.6) is 5.75 Å². The van der Waals surface area contributed by atoms with Crippen molar-refractivity contribution in [3.63, 3.8) is 0 Å². The van der Waals surface area contributed by atoms with E-state index in [4.69, 9.17) is 9.47 Å². The lowest BCUT2D eigenvalue weighted by Gasteiger charge is -2.35. The minimum atomic E-state index is -0.0932. The molecule has 0 heterocycles. The minimum Gasteiger partial charge on any atom is -0.496 e. The van der Waals surface area contributed by atoms with Gasteiger partial charge in [-0.15, -0.1) is 0 Å². The number of carbonyl (C=O) groups is 1. The van der Waals surface area contributed by atoms with Gasteiger partial charge in [-0.2, -0.15) is 0 Å². The first kappa shape index (κ1) is 14.3. The van der Waals surface area contributed by atoms with E-state index in [2.05, 4.69) is 21.2 Å². The van der Waals surface area contributed by atoms with E-state index in [0.29, 0.717) is 17.4 Å². The van der Waals surface area contributed by atoms with Gasteiger partial charge in [0.15, 0.2) is 0 Å². The van der Waals surface area contributed by atoms with Gasteiger partial charge in [-0.3, -0.25) is 4.79 Å². The van der Waals surface area contributed by atoms with Crippen molar-refractivity contribution in [3.8, 4) is 5.75 Å². The lowest BCUT2D eigenvalue weighted by atomic mass is 9.89. The van der Waals surface area contributed by atoms with Gasteiger partial charge in [0.2, 0.25) is 0 Å². The maximum Gasteiger partial charge on any atom is 0.255 e. The van der Waals surface area contributed by atoms with E-state index < -0.39 is 0 Å². The summed E-state index contributed by atoms with van der Waals surface area (Å²) in [6, 6.07) is 5.59. The molecule has 19 heavy (non-hydrogen) atoms. The molecule has 1 fully saturated rings. The molecule has 104 valence electrons. The van der Waals surface area contributed by atoms with Gasteiger partial charge in [0.05, 0.1) is 18.8 Å². The van der Waals surface area contributed by atoms with Crippen LogP contribution in [0.15, 0.2) is 22.7 Å². The van der Waals surface area contributed by atoms with Gasteiger partial charge in [-0.1, -0.05) is 15.9 Å². The zero-order valence-electron chi connectivity index (χ0n) is 11.1. The summed E-state index contributed by atoms with van der Waals surface area (Å²) in [6.07, 6.45) is 2.07. The molecule has 0 bridgehead atoms. The van der Waals surface area contributed by atoms with Crippen molar-refractivity contribution in [1.82, 2.24) is 5.32 Å². The third-order valence-electron chi connectivity index (χ3n) is 3.24. The molecule has 0 aliphatic heterocycles. The van der Waals surface area contributed by atoms with Crippen LogP contribution in [-0.2, 0) is 4.74 Å². The van der Waals surface area contributed by atoms with E-state index in [-0.39, 0.29) is 11.9 Å². The fraction of sp³-hybridized carbons (Fsp3) is 0.500. The lowest BCUT2D eigenvalue weighted by molar-refractivity contribution is -0.00864. The van der Waals surface area contributed by atoms with Crippen LogP contribution < -0.4 is 10.1 Å². The predicted octanol–water partition coefficient (Wildman–Crippen LogP) is 2.76. The maximum absolute atomic E-state index is 12.2. The van der Waals surface area contributed by atoms with Crippen molar-refractivity contribution in [3.05, 3.63) is 28.2 Å². The van der Waals surface area contributed by atoms with Gasteiger partial charge in [0.25, 0.3) is 5.91 Å². The number of amides is 1. The van der Waals surface area contributed by atoms with Gasteiger partial charge in [-0.05, 0) is 38.0 Å². The fourth-order valence-corrected chi connectivity index (χ4v) is 2.51. The van der Waals surface area contributed by atoms with Crippen molar-refractivity contribution < 1.29 is 14.3 Å². The number of ether oxygens (including phenoxy) is 2. The van der Waals surface area contributed by atoms with Crippen molar-refractivity contribution in [1.29, 1.82) is 0 Å². The minimum absolute atomic E-state index is 0.0932. The van der Waals surface area contributed by atoms with Gasteiger partial charge in [0.1, 0.15) is 5.75 Å². The number of carbonyl (C=O) groups excluding carboxylic acids is 1. The second-order valence-electron chi connectivity index (χ2n) is 4.56. The predicted molar refractivity (Wildman–Crippen MR) is 76.6 cm³/mol. The summed E-state index contributed by atoms with van der Waals surface area (Å²) >= 11 is 3.36. The topological polar surface area (TPSA) is 47.6 Å². The Morgan fingerprint density at radius 1 is 1.47 bits per heavy atom. The average Bonchev–Trinajstić information content (AvgIpc) is 2.35. The summed E-state index contributed by atoms with van der Waals surface area (Å²) in [4.78, 5) is 12.2. The standard InChI is InChI=1S/C14H18BrNO3/c1-3-19-11-7-10(8-11)16-14(17)12-5-4-9(15)6-13(12)18-2/h4-6,10-11H,3,7-8H2,1-2H3,(H,16,17). The molecule has 2 rings (SSSR count). The molecule has 1 saturated carbocycles. The molecular formula is C14H18BrNO3. The molecule has 1 aliphatic carbocycles. The molecule has 1 aromatic carbocycles. The number of hydrogen-bond donors (Lipinski definition) is 1. The van der Waals surface area contributed by atoms with Crippen LogP contribution >= 0.6 is 15.9 Å². The second-order valence-corrected chi connectivity index (χ2v) is 5.48. The number of nitrogens with one attached hydrogen (secondary N) is 1. The van der Waals surface area contributed by atoms with Crippen LogP contribution in [0.1, 0.15) is 30.1 Å². The molecule has 0 unspecified atom stereocenters. The number of rotatable bonds is 5. The quantitative estimate of drug-likeness (QED) is 0.904. The monoisotopic (exact) mass is 327 g/mol. The largest absolute Gasteiger partial charge is 0.496 e. The van der Waals surface area contributed by atoms with Crippen LogP contribution in [0.2, 0.25) is 0 Å². The van der Waals surface area contributed by atoms with E-state index in [9.17, 15) is 4.79 Å². The molecule has 1 amide bonds. The van der Waals surface area contributed by atoms with Gasteiger partial charge in [-0.25, -0.2) is 0 Å². The highest BCUT2D eigenvalue weighted by atomic mass is 79.9. The summed E-state index contributed by atoms with van der Waals surface area (Å²) in [5.74, 6) is 0.483. The fourth-order valence-electron chi connectivity index (χ4n) is 2.17. The van der Waals surface area contributed by atoms with Gasteiger partial charge < -0.3 is 14.8 Å². The summed E-state index contributed by atoms with van der Waals surface area (Å²) in [5.41, 5.74) is 0.561. The van der Waals surface area contributed by atoms with Crippen molar-refractivity contribution in [2.24, 2.45) is 0 Å². The zero-order valence-corrected chi connectivity index (χ0v) is 12.7. The number of methoxy groups -OCH3 is 1. The van der Waals surface area contributed by atoms with E-state index in [1.807, 2.05) is 13.0 Å².